The Morgan fingerprint density at radius 2 is 1.76 bits per heavy atom. The molecule has 0 saturated carbocycles. The fourth-order valence-corrected chi connectivity index (χ4v) is 4.99. The Balaban J connectivity index is 1.67. The molecule has 0 atom stereocenters. The smallest absolute Gasteiger partial charge is 0.243 e. The van der Waals surface area contributed by atoms with E-state index in [0.29, 0.717) is 24.2 Å². The van der Waals surface area contributed by atoms with Crippen molar-refractivity contribution in [1.29, 1.82) is 5.26 Å². The summed E-state index contributed by atoms with van der Waals surface area (Å²) in [5, 5.41) is 20.2. The zero-order chi connectivity index (χ0) is 20.4. The van der Waals surface area contributed by atoms with E-state index in [1.54, 1.807) is 0 Å². The van der Waals surface area contributed by atoms with Crippen molar-refractivity contribution in [3.63, 3.8) is 0 Å². The van der Waals surface area contributed by atoms with Crippen LogP contribution in [0.5, 0.6) is 0 Å². The van der Waals surface area contributed by atoms with Crippen molar-refractivity contribution in [2.24, 2.45) is 0 Å². The van der Waals surface area contributed by atoms with Gasteiger partial charge in [0.2, 0.25) is 10.0 Å². The Morgan fingerprint density at radius 3 is 2.41 bits per heavy atom. The standard InChI is InChI=1S/C21H20N4O3S/c22-14-17(21-23-18-6-2-3-7-19(18)24-21)20(26)15-8-10-16(11-9-15)29(27,28)25-12-4-1-5-13-25/h2-3,6-11,26H,1,4-5,12-13H2,(H,23,24)/b20-17-. The summed E-state index contributed by atoms with van der Waals surface area (Å²) in [4.78, 5) is 7.55. The molecule has 1 saturated heterocycles. The zero-order valence-electron chi connectivity index (χ0n) is 15.7. The minimum atomic E-state index is -3.55. The lowest BCUT2D eigenvalue weighted by Gasteiger charge is -2.25. The maximum Gasteiger partial charge on any atom is 0.243 e. The number of aromatic amines is 1. The lowest BCUT2D eigenvalue weighted by atomic mass is 10.1. The van der Waals surface area contributed by atoms with Crippen LogP contribution in [0.25, 0.3) is 22.4 Å². The number of sulfonamides is 1. The molecule has 2 N–H and O–H groups in total. The van der Waals surface area contributed by atoms with Crippen molar-refractivity contribution >= 4 is 32.4 Å². The third kappa shape index (κ3) is 3.62. The molecule has 7 nitrogen and oxygen atoms in total. The van der Waals surface area contributed by atoms with Gasteiger partial charge in [0.25, 0.3) is 0 Å². The van der Waals surface area contributed by atoms with E-state index in [4.69, 9.17) is 0 Å². The molecule has 148 valence electrons. The molecule has 1 aliphatic heterocycles. The number of fused-ring (bicyclic) bond motifs is 1. The second kappa shape index (κ2) is 7.70. The second-order valence-electron chi connectivity index (χ2n) is 6.93. The van der Waals surface area contributed by atoms with Crippen LogP contribution in [-0.4, -0.2) is 40.9 Å². The van der Waals surface area contributed by atoms with Crippen LogP contribution in [0.1, 0.15) is 30.7 Å². The normalized spacial score (nSPS) is 16.4. The van der Waals surface area contributed by atoms with Crippen LogP contribution in [0.4, 0.5) is 0 Å². The maximum absolute atomic E-state index is 12.8. The van der Waals surface area contributed by atoms with Gasteiger partial charge in [-0.05, 0) is 49.2 Å². The number of imidazole rings is 1. The minimum Gasteiger partial charge on any atom is -0.506 e. The predicted octanol–water partition coefficient (Wildman–Crippen LogP) is 3.69. The molecular formula is C21H20N4O3S. The molecule has 0 amide bonds. The third-order valence-electron chi connectivity index (χ3n) is 5.06. The summed E-state index contributed by atoms with van der Waals surface area (Å²) >= 11 is 0. The highest BCUT2D eigenvalue weighted by Gasteiger charge is 2.26. The molecule has 29 heavy (non-hydrogen) atoms. The molecule has 0 spiro atoms. The van der Waals surface area contributed by atoms with Gasteiger partial charge in [-0.2, -0.15) is 9.57 Å². The Labute approximate surface area is 169 Å². The van der Waals surface area contributed by atoms with Crippen LogP contribution >= 0.6 is 0 Å². The van der Waals surface area contributed by atoms with Crippen molar-refractivity contribution in [1.82, 2.24) is 14.3 Å². The van der Waals surface area contributed by atoms with Gasteiger partial charge in [-0.3, -0.25) is 0 Å². The van der Waals surface area contributed by atoms with Crippen LogP contribution < -0.4 is 0 Å². The summed E-state index contributed by atoms with van der Waals surface area (Å²) in [6.45, 7) is 1.06. The lowest BCUT2D eigenvalue weighted by Crippen LogP contribution is -2.35. The van der Waals surface area contributed by atoms with E-state index in [0.717, 1.165) is 24.8 Å². The van der Waals surface area contributed by atoms with Gasteiger partial charge in [-0.15, -0.1) is 0 Å². The average molecular weight is 408 g/mol. The summed E-state index contributed by atoms with van der Waals surface area (Å²) in [6.07, 6.45) is 2.77. The number of nitrogens with zero attached hydrogens (tertiary/aromatic N) is 3. The van der Waals surface area contributed by atoms with Gasteiger partial charge in [0, 0.05) is 18.7 Å². The molecule has 4 rings (SSSR count). The topological polar surface area (TPSA) is 110 Å². The van der Waals surface area contributed by atoms with E-state index in [9.17, 15) is 18.8 Å². The highest BCUT2D eigenvalue weighted by atomic mass is 32.2. The number of hydrogen-bond donors (Lipinski definition) is 2. The quantitative estimate of drug-likeness (QED) is 0.505. The van der Waals surface area contributed by atoms with Crippen LogP contribution in [0.15, 0.2) is 53.4 Å². The number of benzene rings is 2. The molecule has 1 aromatic heterocycles. The molecule has 8 heteroatoms. The van der Waals surface area contributed by atoms with E-state index in [1.807, 2.05) is 30.3 Å². The van der Waals surface area contributed by atoms with Gasteiger partial charge >= 0.3 is 0 Å². The summed E-state index contributed by atoms with van der Waals surface area (Å²) in [5.41, 5.74) is 1.78. The van der Waals surface area contributed by atoms with Gasteiger partial charge in [0.1, 0.15) is 17.4 Å². The monoisotopic (exact) mass is 408 g/mol. The molecule has 0 bridgehead atoms. The molecule has 2 aromatic carbocycles. The molecule has 1 aliphatic rings. The Hall–Kier alpha value is -3.15. The summed E-state index contributed by atoms with van der Waals surface area (Å²) in [6, 6.07) is 15.2. The first-order valence-electron chi connectivity index (χ1n) is 9.40. The van der Waals surface area contributed by atoms with Crippen molar-refractivity contribution in [2.75, 3.05) is 13.1 Å². The van der Waals surface area contributed by atoms with Crippen LogP contribution in [0.3, 0.4) is 0 Å². The Morgan fingerprint density at radius 1 is 1.07 bits per heavy atom. The predicted molar refractivity (Wildman–Crippen MR) is 110 cm³/mol. The first-order valence-corrected chi connectivity index (χ1v) is 10.8. The van der Waals surface area contributed by atoms with E-state index in [2.05, 4.69) is 9.97 Å². The number of rotatable bonds is 4. The van der Waals surface area contributed by atoms with Crippen molar-refractivity contribution in [3.05, 3.63) is 59.9 Å². The van der Waals surface area contributed by atoms with E-state index >= 15 is 0 Å². The fourth-order valence-electron chi connectivity index (χ4n) is 3.47. The first kappa shape index (κ1) is 19.2. The van der Waals surface area contributed by atoms with Crippen LogP contribution in [0.2, 0.25) is 0 Å². The highest BCUT2D eigenvalue weighted by molar-refractivity contribution is 7.89. The molecule has 3 aromatic rings. The average Bonchev–Trinajstić information content (AvgIpc) is 3.18. The van der Waals surface area contributed by atoms with Gasteiger partial charge in [-0.25, -0.2) is 13.4 Å². The highest BCUT2D eigenvalue weighted by Crippen LogP contribution is 2.26. The Kier molecular flexibility index (Phi) is 5.09. The number of aliphatic hydroxyl groups is 1. The maximum atomic E-state index is 12.8. The van der Waals surface area contributed by atoms with Gasteiger partial charge in [-0.1, -0.05) is 18.6 Å². The molecular weight excluding hydrogens is 388 g/mol. The zero-order valence-corrected chi connectivity index (χ0v) is 16.5. The van der Waals surface area contributed by atoms with E-state index in [-0.39, 0.29) is 22.1 Å². The number of hydrogen-bond acceptors (Lipinski definition) is 5. The number of nitriles is 1. The third-order valence-corrected chi connectivity index (χ3v) is 6.97. The first-order chi connectivity index (χ1) is 14.0. The number of nitrogens with one attached hydrogen (secondary N) is 1. The lowest BCUT2D eigenvalue weighted by molar-refractivity contribution is 0.346. The fraction of sp³-hybridized carbons (Fsp3) is 0.238. The largest absolute Gasteiger partial charge is 0.506 e. The van der Waals surface area contributed by atoms with Crippen molar-refractivity contribution in [2.45, 2.75) is 24.2 Å². The molecule has 2 heterocycles. The SMILES string of the molecule is N#C/C(=C(/O)c1ccc(S(=O)(=O)N2CCCCC2)cc1)c1nc2ccccc2[nH]1. The number of H-pyrrole nitrogens is 1. The summed E-state index contributed by atoms with van der Waals surface area (Å²) in [7, 11) is -3.55. The minimum absolute atomic E-state index is 0.00663. The van der Waals surface area contributed by atoms with E-state index < -0.39 is 10.0 Å². The summed E-state index contributed by atoms with van der Waals surface area (Å²) in [5.74, 6) is 0.00434. The molecule has 0 aliphatic carbocycles. The molecule has 1 fully saturated rings. The number of piperidine rings is 1. The second-order valence-corrected chi connectivity index (χ2v) is 8.87. The van der Waals surface area contributed by atoms with E-state index in [1.165, 1.54) is 28.6 Å². The van der Waals surface area contributed by atoms with Gasteiger partial charge in [0.15, 0.2) is 5.82 Å². The molecule has 0 radical (unpaired) electrons. The van der Waals surface area contributed by atoms with Crippen LogP contribution in [0, 0.1) is 11.3 Å². The van der Waals surface area contributed by atoms with Gasteiger partial charge in [0.05, 0.1) is 15.9 Å². The van der Waals surface area contributed by atoms with Crippen molar-refractivity contribution < 1.29 is 13.5 Å². The number of aromatic nitrogens is 2. The number of aliphatic hydroxyl groups excluding tert-OH is 1. The number of para-hydroxylation sites is 2. The van der Waals surface area contributed by atoms with Crippen LogP contribution in [-0.2, 0) is 10.0 Å². The van der Waals surface area contributed by atoms with Crippen molar-refractivity contribution in [3.8, 4) is 6.07 Å². The Bertz CT molecular complexity index is 1180. The number of allylic oxidation sites excluding steroid dienone is 1. The van der Waals surface area contributed by atoms with Gasteiger partial charge < -0.3 is 10.1 Å². The summed E-state index contributed by atoms with van der Waals surface area (Å²) < 4.78 is 27.0. The molecule has 0 unspecified atom stereocenters.